The molecule has 2 aromatic carbocycles. The first kappa shape index (κ1) is 40.8. The van der Waals surface area contributed by atoms with Crippen LogP contribution in [0.4, 0.5) is 4.79 Å². The second-order valence-corrected chi connectivity index (χ2v) is 19.3. The van der Waals surface area contributed by atoms with Gasteiger partial charge in [-0.15, -0.1) is 0 Å². The summed E-state index contributed by atoms with van der Waals surface area (Å²) >= 11 is 0. The smallest absolute Gasteiger partial charge is 0.407 e. The van der Waals surface area contributed by atoms with E-state index in [2.05, 4.69) is 49.5 Å². The van der Waals surface area contributed by atoms with Crippen LogP contribution in [-0.2, 0) is 25.2 Å². The zero-order valence-electron chi connectivity index (χ0n) is 32.8. The highest BCUT2D eigenvalue weighted by Gasteiger charge is 2.43. The first-order valence-corrected chi connectivity index (χ1v) is 21.5. The van der Waals surface area contributed by atoms with E-state index in [4.69, 9.17) is 9.16 Å². The summed E-state index contributed by atoms with van der Waals surface area (Å²) in [5.41, 5.74) is 0.898. The Morgan fingerprint density at radius 2 is 1.54 bits per heavy atom. The van der Waals surface area contributed by atoms with Crippen LogP contribution >= 0.6 is 0 Å². The van der Waals surface area contributed by atoms with E-state index in [1.807, 2.05) is 111 Å². The number of amides is 3. The maximum absolute atomic E-state index is 14.6. The molecule has 1 saturated heterocycles. The van der Waals surface area contributed by atoms with Crippen LogP contribution < -0.4 is 10.6 Å². The quantitative estimate of drug-likeness (QED) is 0.164. The SMILES string of the molecule is CC(C)[C@H](NC(=O)[C@H](Cc1ccccc1)C[C@H]([C@@H](NC(=O)OC(C)(C)C)C(O[SiH](C)C)c1ccccc1)C(C)(C)C)C(=O)N1CC(n2ccnc2)C1. The predicted molar refractivity (Wildman–Crippen MR) is 208 cm³/mol. The van der Waals surface area contributed by atoms with Gasteiger partial charge in [0.05, 0.1) is 24.5 Å². The van der Waals surface area contributed by atoms with E-state index in [1.54, 1.807) is 12.5 Å². The van der Waals surface area contributed by atoms with Crippen molar-refractivity contribution < 1.29 is 23.5 Å². The summed E-state index contributed by atoms with van der Waals surface area (Å²) < 4.78 is 14.6. The molecule has 0 bridgehead atoms. The van der Waals surface area contributed by atoms with Gasteiger partial charge in [0.25, 0.3) is 0 Å². The second-order valence-electron chi connectivity index (χ2n) is 16.9. The molecule has 3 aromatic rings. The van der Waals surface area contributed by atoms with Crippen molar-refractivity contribution in [1.82, 2.24) is 25.1 Å². The van der Waals surface area contributed by atoms with Gasteiger partial charge in [0.2, 0.25) is 11.8 Å². The fourth-order valence-electron chi connectivity index (χ4n) is 6.96. The summed E-state index contributed by atoms with van der Waals surface area (Å²) in [6.07, 6.45) is 5.34. The molecule has 52 heavy (non-hydrogen) atoms. The predicted octanol–water partition coefficient (Wildman–Crippen LogP) is 6.95. The van der Waals surface area contributed by atoms with Crippen LogP contribution in [0.15, 0.2) is 79.4 Å². The normalized spacial score (nSPS) is 16.8. The Morgan fingerprint density at radius 1 is 0.923 bits per heavy atom. The molecule has 4 rings (SSSR count). The number of carbonyl (C=O) groups excluding carboxylic acids is 3. The highest BCUT2D eigenvalue weighted by Crippen LogP contribution is 2.41. The number of rotatable bonds is 15. The molecule has 0 radical (unpaired) electrons. The monoisotopic (exact) mass is 731 g/mol. The standard InChI is InChI=1S/C41H61N5O5Si/c1-28(2)34(38(48)46-25-32(26-46)45-22-21-42-27-45)43-37(47)31(23-29-17-13-11-14-18-29)24-33(40(3,4)5)35(44-39(49)50-41(6,7)8)36(51-52(9)10)30-19-15-12-16-20-30/h11-22,27-28,31-36,52H,23-26H2,1-10H3,(H,43,47)(H,44,49)/t31-,33-,34+,35-,36?/m1/s1. The molecular formula is C41H61N5O5Si. The highest BCUT2D eigenvalue weighted by atomic mass is 28.3. The summed E-state index contributed by atoms with van der Waals surface area (Å²) in [5, 5.41) is 6.46. The molecule has 2 N–H and O–H groups in total. The van der Waals surface area contributed by atoms with Crippen LogP contribution in [0.25, 0.3) is 0 Å². The first-order chi connectivity index (χ1) is 24.4. The summed E-state index contributed by atoms with van der Waals surface area (Å²) in [6, 6.07) is 19.0. The van der Waals surface area contributed by atoms with E-state index in [0.29, 0.717) is 25.9 Å². The number of nitrogens with one attached hydrogen (secondary N) is 2. The number of aromatic nitrogens is 2. The Bertz CT molecular complexity index is 1560. The van der Waals surface area contributed by atoms with Crippen molar-refractivity contribution in [2.45, 2.75) is 111 Å². The lowest BCUT2D eigenvalue weighted by molar-refractivity contribution is -0.143. The molecule has 11 heteroatoms. The molecule has 1 aliphatic rings. The fraction of sp³-hybridized carbons (Fsp3) is 0.561. The molecule has 1 unspecified atom stereocenters. The van der Waals surface area contributed by atoms with Crippen molar-refractivity contribution in [3.63, 3.8) is 0 Å². The molecular weight excluding hydrogens is 671 g/mol. The molecule has 1 fully saturated rings. The minimum atomic E-state index is -1.64. The minimum Gasteiger partial charge on any atom is -0.444 e. The van der Waals surface area contributed by atoms with E-state index in [-0.39, 0.29) is 35.1 Å². The summed E-state index contributed by atoms with van der Waals surface area (Å²) in [7, 11) is -1.64. The van der Waals surface area contributed by atoms with Crippen molar-refractivity contribution >= 4 is 26.9 Å². The molecule has 0 spiro atoms. The number of carbonyl (C=O) groups is 3. The van der Waals surface area contributed by atoms with E-state index < -0.39 is 44.8 Å². The molecule has 10 nitrogen and oxygen atoms in total. The average Bonchev–Trinajstić information content (AvgIpc) is 3.56. The number of hydrogen-bond acceptors (Lipinski definition) is 6. The Labute approximate surface area is 312 Å². The number of imidazole rings is 1. The lowest BCUT2D eigenvalue weighted by Crippen LogP contribution is -2.59. The third kappa shape index (κ3) is 11.5. The molecule has 3 amide bonds. The number of likely N-dealkylation sites (tertiary alicyclic amines) is 1. The first-order valence-electron chi connectivity index (χ1n) is 18.7. The third-order valence-corrected chi connectivity index (χ3v) is 10.5. The van der Waals surface area contributed by atoms with E-state index in [0.717, 1.165) is 11.1 Å². The van der Waals surface area contributed by atoms with Gasteiger partial charge in [0.1, 0.15) is 11.6 Å². The molecule has 284 valence electrons. The minimum absolute atomic E-state index is 0.0746. The molecule has 1 aliphatic heterocycles. The van der Waals surface area contributed by atoms with Gasteiger partial charge >= 0.3 is 6.09 Å². The average molecular weight is 732 g/mol. The molecule has 2 heterocycles. The van der Waals surface area contributed by atoms with E-state index in [1.165, 1.54) is 0 Å². The van der Waals surface area contributed by atoms with Crippen LogP contribution in [0, 0.1) is 23.2 Å². The van der Waals surface area contributed by atoms with Gasteiger partial charge < -0.3 is 29.3 Å². The van der Waals surface area contributed by atoms with Gasteiger partial charge in [0, 0.05) is 31.4 Å². The number of alkyl carbamates (subject to hydrolysis) is 1. The zero-order chi connectivity index (χ0) is 38.2. The van der Waals surface area contributed by atoms with Gasteiger partial charge in [-0.2, -0.15) is 0 Å². The van der Waals surface area contributed by atoms with Crippen LogP contribution in [0.2, 0.25) is 13.1 Å². The van der Waals surface area contributed by atoms with Crippen molar-refractivity contribution in [3.8, 4) is 0 Å². The summed E-state index contributed by atoms with van der Waals surface area (Å²) in [5.74, 6) is -1.12. The number of ether oxygens (including phenoxy) is 1. The number of benzene rings is 2. The van der Waals surface area contributed by atoms with Crippen LogP contribution in [0.5, 0.6) is 0 Å². The van der Waals surface area contributed by atoms with Gasteiger partial charge in [0.15, 0.2) is 9.04 Å². The van der Waals surface area contributed by atoms with Gasteiger partial charge in [-0.05, 0) is 75.1 Å². The van der Waals surface area contributed by atoms with E-state index >= 15 is 0 Å². The van der Waals surface area contributed by atoms with Gasteiger partial charge in [-0.1, -0.05) is 95.3 Å². The Morgan fingerprint density at radius 3 is 2.06 bits per heavy atom. The Balaban J connectivity index is 1.69. The lowest BCUT2D eigenvalue weighted by Gasteiger charge is -2.44. The van der Waals surface area contributed by atoms with Crippen LogP contribution in [0.3, 0.4) is 0 Å². The third-order valence-electron chi connectivity index (χ3n) is 9.69. The van der Waals surface area contributed by atoms with Crippen LogP contribution in [0.1, 0.15) is 85.1 Å². The van der Waals surface area contributed by atoms with Crippen molar-refractivity contribution in [2.75, 3.05) is 13.1 Å². The largest absolute Gasteiger partial charge is 0.444 e. The number of hydrogen-bond donors (Lipinski definition) is 2. The molecule has 0 aliphatic carbocycles. The van der Waals surface area contributed by atoms with Crippen molar-refractivity contribution in [1.29, 1.82) is 0 Å². The summed E-state index contributed by atoms with van der Waals surface area (Å²) in [6.45, 7) is 21.3. The molecule has 0 saturated carbocycles. The van der Waals surface area contributed by atoms with Crippen molar-refractivity contribution in [3.05, 3.63) is 90.5 Å². The fourth-order valence-corrected chi connectivity index (χ4v) is 7.87. The zero-order valence-corrected chi connectivity index (χ0v) is 34.0. The van der Waals surface area contributed by atoms with E-state index in [9.17, 15) is 14.4 Å². The lowest BCUT2D eigenvalue weighted by atomic mass is 9.69. The topological polar surface area (TPSA) is 115 Å². The summed E-state index contributed by atoms with van der Waals surface area (Å²) in [4.78, 5) is 48.1. The van der Waals surface area contributed by atoms with Gasteiger partial charge in [-0.3, -0.25) is 9.59 Å². The van der Waals surface area contributed by atoms with Gasteiger partial charge in [-0.25, -0.2) is 9.78 Å². The Kier molecular flexibility index (Phi) is 13.9. The maximum atomic E-state index is 14.6. The maximum Gasteiger partial charge on any atom is 0.407 e. The molecule has 1 aromatic heterocycles. The number of nitrogens with zero attached hydrogens (tertiary/aromatic N) is 3. The van der Waals surface area contributed by atoms with Crippen LogP contribution in [-0.4, -0.2) is 72.2 Å². The highest BCUT2D eigenvalue weighted by molar-refractivity contribution is 6.48. The molecule has 5 atom stereocenters. The second kappa shape index (κ2) is 17.7. The van der Waals surface area contributed by atoms with Crippen molar-refractivity contribution in [2.24, 2.45) is 23.2 Å². The Hall–Kier alpha value is -3.96.